The Balaban J connectivity index is 1.16. The number of rotatable bonds is 13. The summed E-state index contributed by atoms with van der Waals surface area (Å²) in [5.41, 5.74) is -0.286. The molecule has 0 saturated heterocycles. The Morgan fingerprint density at radius 1 is 0.855 bits per heavy atom. The lowest BCUT2D eigenvalue weighted by molar-refractivity contribution is -0.137. The van der Waals surface area contributed by atoms with Crippen LogP contribution in [0.15, 0.2) is 70.4 Å². The van der Waals surface area contributed by atoms with Gasteiger partial charge in [0, 0.05) is 36.7 Å². The van der Waals surface area contributed by atoms with E-state index in [1.54, 1.807) is 51.1 Å². The number of nitrogens with one attached hydrogen (secondary N) is 6. The lowest BCUT2D eigenvalue weighted by atomic mass is 9.81. The third-order valence-corrected chi connectivity index (χ3v) is 13.1. The van der Waals surface area contributed by atoms with E-state index in [-0.39, 0.29) is 35.4 Å². The van der Waals surface area contributed by atoms with E-state index in [1.165, 1.54) is 18.2 Å². The molecule has 62 heavy (non-hydrogen) atoms. The third-order valence-electron chi connectivity index (χ3n) is 11.6. The fourth-order valence-electron chi connectivity index (χ4n) is 8.24. The van der Waals surface area contributed by atoms with Gasteiger partial charge in [-0.25, -0.2) is 22.7 Å². The minimum absolute atomic E-state index is 0.0122. The SMILES string of the molecule is CN(C)C1CCC(NS(=O)(=O)c2ccc(-c3ccc(C[C@H](NC(=O)C4CCC(CNC(=O)OC(C)(C)C)CC4)C(=O)Nc4ccc5[nH]c(=O)[nH]c5c4)cc3)c(C(F)(F)F)c2)CC1. The van der Waals surface area contributed by atoms with E-state index in [2.05, 4.69) is 35.5 Å². The van der Waals surface area contributed by atoms with E-state index >= 15 is 0 Å². The molecule has 1 aromatic heterocycles. The number of carbonyl (C=O) groups excluding carboxylic acids is 3. The van der Waals surface area contributed by atoms with Gasteiger partial charge >= 0.3 is 18.0 Å². The van der Waals surface area contributed by atoms with Gasteiger partial charge in [-0.3, -0.25) is 9.59 Å². The highest BCUT2D eigenvalue weighted by Gasteiger charge is 2.36. The van der Waals surface area contributed by atoms with Crippen LogP contribution < -0.4 is 26.4 Å². The second-order valence-corrected chi connectivity index (χ2v) is 19.4. The van der Waals surface area contributed by atoms with E-state index < -0.39 is 61.9 Å². The van der Waals surface area contributed by atoms with Gasteiger partial charge in [0.25, 0.3) is 0 Å². The largest absolute Gasteiger partial charge is 0.444 e. The Bertz CT molecular complexity index is 2390. The van der Waals surface area contributed by atoms with E-state index in [9.17, 15) is 40.8 Å². The number of anilines is 1. The summed E-state index contributed by atoms with van der Waals surface area (Å²) in [6.07, 6.45) is -0.299. The van der Waals surface area contributed by atoms with E-state index in [1.807, 2.05) is 14.1 Å². The maximum atomic E-state index is 14.6. The van der Waals surface area contributed by atoms with Gasteiger partial charge in [0.05, 0.1) is 21.5 Å². The van der Waals surface area contributed by atoms with Crippen molar-refractivity contribution in [3.05, 3.63) is 82.3 Å². The highest BCUT2D eigenvalue weighted by atomic mass is 32.2. The van der Waals surface area contributed by atoms with Crippen LogP contribution in [0.25, 0.3) is 22.2 Å². The maximum Gasteiger partial charge on any atom is 0.417 e. The Morgan fingerprint density at radius 2 is 1.52 bits per heavy atom. The first-order valence-corrected chi connectivity index (χ1v) is 22.4. The summed E-state index contributed by atoms with van der Waals surface area (Å²) in [6, 6.07) is 12.7. The standard InChI is InChI=1S/C44H56F3N7O7S/c1-43(2,3)61-42(58)48-25-27-8-12-29(13-9-27)39(55)50-38(40(56)49-31-16-21-36-37(23-31)52-41(57)51-36)22-26-6-10-28(11-7-26)34-20-19-33(24-35(34)44(45,46)47)62(59,60)53-30-14-17-32(18-15-30)54(4)5/h6-7,10-11,16,19-21,23-24,27,29-30,32,38,53H,8-9,12-15,17-18,22,25H2,1-5H3,(H,48,58)(H,49,56)(H,50,55)(H2,51,52,57)/t27?,29?,30?,32?,38-/m0/s1. The second-order valence-electron chi connectivity index (χ2n) is 17.7. The molecule has 0 radical (unpaired) electrons. The first-order chi connectivity index (χ1) is 29.1. The van der Waals surface area contributed by atoms with E-state index in [0.717, 1.165) is 18.9 Å². The number of halogens is 3. The molecule has 1 heterocycles. The van der Waals surface area contributed by atoms with Gasteiger partial charge in [0.2, 0.25) is 21.8 Å². The van der Waals surface area contributed by atoms with Crippen molar-refractivity contribution in [1.82, 2.24) is 30.2 Å². The van der Waals surface area contributed by atoms with Crippen LogP contribution in [0.2, 0.25) is 0 Å². The number of nitrogens with zero attached hydrogens (tertiary/aromatic N) is 1. The van der Waals surface area contributed by atoms with Crippen molar-refractivity contribution in [1.29, 1.82) is 0 Å². The summed E-state index contributed by atoms with van der Waals surface area (Å²) in [4.78, 5) is 58.4. The molecule has 14 nitrogen and oxygen atoms in total. The van der Waals surface area contributed by atoms with Crippen LogP contribution >= 0.6 is 0 Å². The second kappa shape index (κ2) is 19.0. The minimum atomic E-state index is -4.87. The average Bonchev–Trinajstić information content (AvgIpc) is 3.58. The highest BCUT2D eigenvalue weighted by molar-refractivity contribution is 7.89. The fourth-order valence-corrected chi connectivity index (χ4v) is 9.57. The Labute approximate surface area is 359 Å². The number of aromatic nitrogens is 2. The van der Waals surface area contributed by atoms with Gasteiger partial charge in [0.15, 0.2) is 0 Å². The number of alkyl carbamates (subject to hydrolysis) is 1. The molecule has 2 fully saturated rings. The molecule has 0 aliphatic heterocycles. The molecule has 0 unspecified atom stereocenters. The first-order valence-electron chi connectivity index (χ1n) is 20.9. The molecule has 18 heteroatoms. The van der Waals surface area contributed by atoms with Crippen molar-refractivity contribution in [3.63, 3.8) is 0 Å². The van der Waals surface area contributed by atoms with Gasteiger partial charge < -0.3 is 35.6 Å². The molecule has 336 valence electrons. The Morgan fingerprint density at radius 3 is 2.15 bits per heavy atom. The van der Waals surface area contributed by atoms with Gasteiger partial charge in [-0.1, -0.05) is 30.3 Å². The molecule has 3 aromatic carbocycles. The first kappa shape index (κ1) is 46.3. The smallest absolute Gasteiger partial charge is 0.417 e. The lowest BCUT2D eigenvalue weighted by Gasteiger charge is -2.32. The Kier molecular flexibility index (Phi) is 14.2. The van der Waals surface area contributed by atoms with Crippen molar-refractivity contribution in [2.45, 2.75) is 113 Å². The molecule has 2 aliphatic rings. The zero-order valence-corrected chi connectivity index (χ0v) is 36.4. The van der Waals surface area contributed by atoms with Crippen LogP contribution in [0, 0.1) is 11.8 Å². The van der Waals surface area contributed by atoms with Crippen molar-refractivity contribution >= 4 is 44.7 Å². The average molecular weight is 884 g/mol. The number of hydrogen-bond donors (Lipinski definition) is 6. The van der Waals surface area contributed by atoms with Crippen molar-refractivity contribution in [2.24, 2.45) is 11.8 Å². The number of alkyl halides is 3. The third kappa shape index (κ3) is 12.2. The zero-order chi connectivity index (χ0) is 45.0. The van der Waals surface area contributed by atoms with Crippen molar-refractivity contribution in [3.8, 4) is 11.1 Å². The zero-order valence-electron chi connectivity index (χ0n) is 35.6. The summed E-state index contributed by atoms with van der Waals surface area (Å²) in [5, 5.41) is 8.50. The summed E-state index contributed by atoms with van der Waals surface area (Å²) in [5.74, 6) is -1.13. The van der Waals surface area contributed by atoms with Gasteiger partial charge in [0.1, 0.15) is 11.6 Å². The number of sulfonamides is 1. The summed E-state index contributed by atoms with van der Waals surface area (Å²) in [7, 11) is -0.322. The van der Waals surface area contributed by atoms with Gasteiger partial charge in [-0.15, -0.1) is 0 Å². The maximum absolute atomic E-state index is 14.6. The number of imidazole rings is 1. The minimum Gasteiger partial charge on any atom is -0.444 e. The van der Waals surface area contributed by atoms with E-state index in [0.29, 0.717) is 79.5 Å². The predicted octanol–water partition coefficient (Wildman–Crippen LogP) is 6.69. The summed E-state index contributed by atoms with van der Waals surface area (Å²) < 4.78 is 78.2. The molecule has 2 saturated carbocycles. The van der Waals surface area contributed by atoms with E-state index in [4.69, 9.17) is 4.74 Å². The number of ether oxygens (including phenoxy) is 1. The number of H-pyrrole nitrogens is 2. The molecule has 6 N–H and O–H groups in total. The highest BCUT2D eigenvalue weighted by Crippen LogP contribution is 2.39. The fraction of sp³-hybridized carbons (Fsp3) is 0.500. The molecule has 2 aliphatic carbocycles. The predicted molar refractivity (Wildman–Crippen MR) is 230 cm³/mol. The number of fused-ring (bicyclic) bond motifs is 1. The van der Waals surface area contributed by atoms with Crippen LogP contribution in [0.1, 0.15) is 83.3 Å². The normalized spacial score (nSPS) is 20.4. The number of amides is 3. The topological polar surface area (TPSA) is 195 Å². The quantitative estimate of drug-likeness (QED) is 0.0855. The van der Waals surface area contributed by atoms with Gasteiger partial charge in [-0.2, -0.15) is 13.2 Å². The number of aromatic amines is 2. The molecule has 0 spiro atoms. The van der Waals surface area contributed by atoms with Crippen LogP contribution in [0.5, 0.6) is 0 Å². The molecule has 4 aromatic rings. The molecular weight excluding hydrogens is 828 g/mol. The summed E-state index contributed by atoms with van der Waals surface area (Å²) >= 11 is 0. The summed E-state index contributed by atoms with van der Waals surface area (Å²) in [6.45, 7) is 5.75. The number of carbonyl (C=O) groups is 3. The molecule has 0 bridgehead atoms. The molecule has 6 rings (SSSR count). The number of hydrogen-bond acceptors (Lipinski definition) is 8. The van der Waals surface area contributed by atoms with Crippen molar-refractivity contribution < 1.29 is 40.7 Å². The van der Waals surface area contributed by atoms with Gasteiger partial charge in [-0.05, 0) is 139 Å². The van der Waals surface area contributed by atoms with Crippen LogP contribution in [0.3, 0.4) is 0 Å². The molecule has 1 atom stereocenters. The molecular formula is C44H56F3N7O7S. The van der Waals surface area contributed by atoms with Crippen molar-refractivity contribution in [2.75, 3.05) is 26.0 Å². The molecule has 3 amide bonds. The Hall–Kier alpha value is -5.20. The number of benzene rings is 3. The van der Waals surface area contributed by atoms with Crippen LogP contribution in [-0.4, -0.2) is 85.6 Å². The monoisotopic (exact) mass is 883 g/mol. The van der Waals surface area contributed by atoms with Crippen LogP contribution in [0.4, 0.5) is 23.7 Å². The van der Waals surface area contributed by atoms with Crippen LogP contribution in [-0.2, 0) is 36.9 Å². The lowest BCUT2D eigenvalue weighted by Crippen LogP contribution is -2.48.